The van der Waals surface area contributed by atoms with Gasteiger partial charge in [0.2, 0.25) is 0 Å². The first-order valence-corrected chi connectivity index (χ1v) is 7.68. The van der Waals surface area contributed by atoms with Crippen molar-refractivity contribution in [3.8, 4) is 0 Å². The lowest BCUT2D eigenvalue weighted by atomic mass is 9.94. The molecule has 3 rings (SSSR count). The van der Waals surface area contributed by atoms with Crippen LogP contribution in [-0.4, -0.2) is 23.1 Å². The van der Waals surface area contributed by atoms with Gasteiger partial charge in [-0.2, -0.15) is 0 Å². The lowest BCUT2D eigenvalue weighted by Gasteiger charge is -2.22. The van der Waals surface area contributed by atoms with E-state index in [1.807, 2.05) is 19.3 Å². The molecule has 0 saturated heterocycles. The first-order valence-electron chi connectivity index (χ1n) is 6.80. The van der Waals surface area contributed by atoms with Gasteiger partial charge in [0.1, 0.15) is 0 Å². The van der Waals surface area contributed by atoms with Crippen molar-refractivity contribution in [2.45, 2.75) is 38.1 Å². The summed E-state index contributed by atoms with van der Waals surface area (Å²) < 4.78 is 0. The molecule has 0 saturated carbocycles. The van der Waals surface area contributed by atoms with Crippen LogP contribution < -0.4 is 5.32 Å². The summed E-state index contributed by atoms with van der Waals surface area (Å²) in [5.41, 5.74) is 3.83. The van der Waals surface area contributed by atoms with Gasteiger partial charge in [0, 0.05) is 41.3 Å². The van der Waals surface area contributed by atoms with E-state index in [0.717, 1.165) is 18.5 Å². The Balaban J connectivity index is 1.80. The number of aromatic nitrogens is 2. The van der Waals surface area contributed by atoms with Crippen molar-refractivity contribution in [1.82, 2.24) is 15.3 Å². The van der Waals surface area contributed by atoms with E-state index in [-0.39, 0.29) is 0 Å². The maximum atomic E-state index is 4.60. The third kappa shape index (κ3) is 2.55. The molecular weight excluding hydrogens is 254 g/mol. The van der Waals surface area contributed by atoms with Crippen LogP contribution in [0.15, 0.2) is 23.7 Å². The molecule has 2 atom stereocenters. The minimum Gasteiger partial charge on any atom is -0.316 e. The largest absolute Gasteiger partial charge is 0.316 e. The Morgan fingerprint density at radius 3 is 3.16 bits per heavy atom. The Bertz CT molecular complexity index is 564. The van der Waals surface area contributed by atoms with Crippen LogP contribution in [0.4, 0.5) is 0 Å². The van der Waals surface area contributed by atoms with E-state index >= 15 is 0 Å². The molecule has 0 aromatic carbocycles. The highest BCUT2D eigenvalue weighted by Crippen LogP contribution is 2.34. The molecule has 0 fully saturated rings. The second-order valence-electron chi connectivity index (χ2n) is 5.17. The molecule has 100 valence electrons. The number of aryl methyl sites for hydroxylation is 2. The number of rotatable bonds is 4. The summed E-state index contributed by atoms with van der Waals surface area (Å²) in [6, 6.07) is 4.68. The van der Waals surface area contributed by atoms with Gasteiger partial charge in [-0.25, -0.2) is 4.98 Å². The number of hydrogen-bond acceptors (Lipinski definition) is 4. The number of nitrogens with zero attached hydrogens (tertiary/aromatic N) is 2. The van der Waals surface area contributed by atoms with E-state index < -0.39 is 0 Å². The van der Waals surface area contributed by atoms with E-state index in [4.69, 9.17) is 0 Å². The molecule has 2 unspecified atom stereocenters. The standard InChI is InChI=1S/C15H19N3S/c1-10-9-19-14(18-10)8-13(16-2)12-6-5-11-4-3-7-17-15(11)12/h3-4,7,9,12-13,16H,5-6,8H2,1-2H3. The lowest BCUT2D eigenvalue weighted by Crippen LogP contribution is -2.33. The molecule has 0 radical (unpaired) electrons. The predicted octanol–water partition coefficient (Wildman–Crippen LogP) is 2.71. The molecular formula is C15H19N3S. The van der Waals surface area contributed by atoms with E-state index in [2.05, 4.69) is 33.7 Å². The van der Waals surface area contributed by atoms with Crippen LogP contribution in [0.3, 0.4) is 0 Å². The number of likely N-dealkylation sites (N-methyl/N-ethyl adjacent to an activating group) is 1. The third-order valence-electron chi connectivity index (χ3n) is 3.92. The van der Waals surface area contributed by atoms with Crippen molar-refractivity contribution in [2.75, 3.05) is 7.05 Å². The summed E-state index contributed by atoms with van der Waals surface area (Å²) in [4.78, 5) is 9.18. The molecule has 3 nitrogen and oxygen atoms in total. The summed E-state index contributed by atoms with van der Waals surface area (Å²) in [6.45, 7) is 2.06. The summed E-state index contributed by atoms with van der Waals surface area (Å²) in [5, 5.41) is 6.82. The van der Waals surface area contributed by atoms with Gasteiger partial charge in [0.15, 0.2) is 0 Å². The SMILES string of the molecule is CNC(Cc1nc(C)cs1)C1CCc2cccnc21. The number of pyridine rings is 1. The van der Waals surface area contributed by atoms with Crippen molar-refractivity contribution in [2.24, 2.45) is 0 Å². The smallest absolute Gasteiger partial charge is 0.0943 e. The Kier molecular flexibility index (Phi) is 3.62. The summed E-state index contributed by atoms with van der Waals surface area (Å²) in [6.07, 6.45) is 5.26. The van der Waals surface area contributed by atoms with Gasteiger partial charge in [-0.1, -0.05) is 6.07 Å². The molecule has 1 aliphatic carbocycles. The van der Waals surface area contributed by atoms with Crippen molar-refractivity contribution >= 4 is 11.3 Å². The zero-order valence-electron chi connectivity index (χ0n) is 11.4. The molecule has 0 bridgehead atoms. The van der Waals surface area contributed by atoms with E-state index in [0.29, 0.717) is 12.0 Å². The zero-order valence-corrected chi connectivity index (χ0v) is 12.2. The van der Waals surface area contributed by atoms with Crippen LogP contribution in [0.5, 0.6) is 0 Å². The van der Waals surface area contributed by atoms with Crippen LogP contribution in [0, 0.1) is 6.92 Å². The fourth-order valence-corrected chi connectivity index (χ4v) is 3.80. The van der Waals surface area contributed by atoms with Crippen LogP contribution in [0.1, 0.15) is 34.3 Å². The van der Waals surface area contributed by atoms with Gasteiger partial charge in [-0.3, -0.25) is 4.98 Å². The molecule has 4 heteroatoms. The Hall–Kier alpha value is -1.26. The first-order chi connectivity index (χ1) is 9.28. The van der Waals surface area contributed by atoms with Crippen molar-refractivity contribution in [1.29, 1.82) is 0 Å². The fraction of sp³-hybridized carbons (Fsp3) is 0.467. The molecule has 0 aliphatic heterocycles. The van der Waals surface area contributed by atoms with Gasteiger partial charge in [-0.05, 0) is 38.4 Å². The Morgan fingerprint density at radius 2 is 2.42 bits per heavy atom. The minimum atomic E-state index is 0.432. The Morgan fingerprint density at radius 1 is 1.53 bits per heavy atom. The topological polar surface area (TPSA) is 37.8 Å². The highest BCUT2D eigenvalue weighted by atomic mass is 32.1. The van der Waals surface area contributed by atoms with Crippen LogP contribution in [0.25, 0.3) is 0 Å². The maximum Gasteiger partial charge on any atom is 0.0943 e. The lowest BCUT2D eigenvalue weighted by molar-refractivity contribution is 0.449. The summed E-state index contributed by atoms with van der Waals surface area (Å²) in [7, 11) is 2.05. The van der Waals surface area contributed by atoms with Gasteiger partial charge < -0.3 is 5.32 Å². The molecule has 2 heterocycles. The predicted molar refractivity (Wildman–Crippen MR) is 78.7 cm³/mol. The second-order valence-corrected chi connectivity index (χ2v) is 6.12. The molecule has 1 N–H and O–H groups in total. The zero-order chi connectivity index (χ0) is 13.2. The number of fused-ring (bicyclic) bond motifs is 1. The minimum absolute atomic E-state index is 0.432. The molecule has 2 aromatic rings. The van der Waals surface area contributed by atoms with Crippen LogP contribution in [0.2, 0.25) is 0 Å². The van der Waals surface area contributed by atoms with Crippen molar-refractivity contribution < 1.29 is 0 Å². The summed E-state index contributed by atoms with van der Waals surface area (Å²) >= 11 is 1.76. The van der Waals surface area contributed by atoms with Crippen molar-refractivity contribution in [3.63, 3.8) is 0 Å². The van der Waals surface area contributed by atoms with Gasteiger partial charge in [0.25, 0.3) is 0 Å². The van der Waals surface area contributed by atoms with E-state index in [9.17, 15) is 0 Å². The second kappa shape index (κ2) is 5.39. The molecule has 1 aliphatic rings. The van der Waals surface area contributed by atoms with E-state index in [1.165, 1.54) is 22.7 Å². The maximum absolute atomic E-state index is 4.60. The molecule has 0 spiro atoms. The third-order valence-corrected chi connectivity index (χ3v) is 4.91. The summed E-state index contributed by atoms with van der Waals surface area (Å²) in [5.74, 6) is 0.519. The quantitative estimate of drug-likeness (QED) is 0.930. The van der Waals surface area contributed by atoms with Crippen LogP contribution in [-0.2, 0) is 12.8 Å². The number of hydrogen-bond donors (Lipinski definition) is 1. The fourth-order valence-electron chi connectivity index (χ4n) is 2.97. The van der Waals surface area contributed by atoms with Gasteiger partial charge in [0.05, 0.1) is 5.01 Å². The van der Waals surface area contributed by atoms with Crippen molar-refractivity contribution in [3.05, 3.63) is 45.7 Å². The van der Waals surface area contributed by atoms with Crippen LogP contribution >= 0.6 is 11.3 Å². The average molecular weight is 273 g/mol. The number of thiazole rings is 1. The highest BCUT2D eigenvalue weighted by Gasteiger charge is 2.30. The first kappa shape index (κ1) is 12.8. The van der Waals surface area contributed by atoms with Gasteiger partial charge >= 0.3 is 0 Å². The van der Waals surface area contributed by atoms with E-state index in [1.54, 1.807) is 11.3 Å². The molecule has 0 amide bonds. The van der Waals surface area contributed by atoms with Gasteiger partial charge in [-0.15, -0.1) is 11.3 Å². The highest BCUT2D eigenvalue weighted by molar-refractivity contribution is 7.09. The molecule has 19 heavy (non-hydrogen) atoms. The average Bonchev–Trinajstić information content (AvgIpc) is 3.02. The normalized spacial score (nSPS) is 19.4. The monoisotopic (exact) mass is 273 g/mol. The molecule has 2 aromatic heterocycles. The number of nitrogens with one attached hydrogen (secondary N) is 1. The Labute approximate surface area is 118 Å².